The monoisotopic (exact) mass is 372 g/mol. The molecule has 3 aromatic rings. The SMILES string of the molecule is Cc1cccc(-c2cc(C(=O)Oc3ccc(Br)cc3)[nH]n2)c1O. The number of esters is 1. The summed E-state index contributed by atoms with van der Waals surface area (Å²) < 4.78 is 6.16. The van der Waals surface area contributed by atoms with Crippen LogP contribution in [0.3, 0.4) is 0 Å². The molecule has 0 spiro atoms. The van der Waals surface area contributed by atoms with E-state index in [4.69, 9.17) is 4.74 Å². The van der Waals surface area contributed by atoms with Crippen LogP contribution in [0.5, 0.6) is 11.5 Å². The lowest BCUT2D eigenvalue weighted by molar-refractivity contribution is 0.0728. The number of carbonyl (C=O) groups excluding carboxylic acids is 1. The van der Waals surface area contributed by atoms with Crippen LogP contribution in [-0.4, -0.2) is 21.3 Å². The minimum absolute atomic E-state index is 0.145. The van der Waals surface area contributed by atoms with Crippen molar-refractivity contribution in [2.75, 3.05) is 0 Å². The summed E-state index contributed by atoms with van der Waals surface area (Å²) in [5, 5.41) is 16.8. The smallest absolute Gasteiger partial charge is 0.361 e. The number of benzene rings is 2. The normalized spacial score (nSPS) is 10.5. The largest absolute Gasteiger partial charge is 0.507 e. The zero-order chi connectivity index (χ0) is 16.4. The number of nitrogens with one attached hydrogen (secondary N) is 1. The molecule has 2 N–H and O–H groups in total. The number of aromatic amines is 1. The molecule has 0 fully saturated rings. The molecule has 116 valence electrons. The summed E-state index contributed by atoms with van der Waals surface area (Å²) in [4.78, 5) is 12.1. The second-order valence-electron chi connectivity index (χ2n) is 4.98. The van der Waals surface area contributed by atoms with Crippen LogP contribution in [0, 0.1) is 6.92 Å². The van der Waals surface area contributed by atoms with E-state index in [0.29, 0.717) is 17.0 Å². The molecule has 2 aromatic carbocycles. The van der Waals surface area contributed by atoms with Gasteiger partial charge in [0.2, 0.25) is 0 Å². The van der Waals surface area contributed by atoms with Gasteiger partial charge in [-0.2, -0.15) is 5.10 Å². The van der Waals surface area contributed by atoms with Gasteiger partial charge in [-0.3, -0.25) is 5.10 Å². The number of phenolic OH excluding ortho intramolecular Hbond substituents is 1. The predicted molar refractivity (Wildman–Crippen MR) is 89.5 cm³/mol. The number of para-hydroxylation sites is 1. The van der Waals surface area contributed by atoms with E-state index in [2.05, 4.69) is 26.1 Å². The van der Waals surface area contributed by atoms with Crippen molar-refractivity contribution in [1.29, 1.82) is 0 Å². The average molecular weight is 373 g/mol. The number of rotatable bonds is 3. The fourth-order valence-electron chi connectivity index (χ4n) is 2.09. The van der Waals surface area contributed by atoms with E-state index in [0.717, 1.165) is 10.0 Å². The van der Waals surface area contributed by atoms with Crippen molar-refractivity contribution in [3.8, 4) is 22.8 Å². The molecule has 0 atom stereocenters. The summed E-state index contributed by atoms with van der Waals surface area (Å²) in [5.74, 6) is 0.0396. The second kappa shape index (κ2) is 6.26. The van der Waals surface area contributed by atoms with Gasteiger partial charge in [0.25, 0.3) is 0 Å². The number of ether oxygens (including phenoxy) is 1. The quantitative estimate of drug-likeness (QED) is 0.536. The maximum absolute atomic E-state index is 12.1. The van der Waals surface area contributed by atoms with Crippen LogP contribution < -0.4 is 4.74 Å². The van der Waals surface area contributed by atoms with Gasteiger partial charge in [-0.1, -0.05) is 28.1 Å². The summed E-state index contributed by atoms with van der Waals surface area (Å²) >= 11 is 3.32. The third-order valence-electron chi connectivity index (χ3n) is 3.34. The molecule has 0 aliphatic rings. The van der Waals surface area contributed by atoms with Crippen molar-refractivity contribution in [3.63, 3.8) is 0 Å². The highest BCUT2D eigenvalue weighted by Crippen LogP contribution is 2.30. The van der Waals surface area contributed by atoms with E-state index in [1.807, 2.05) is 6.07 Å². The van der Waals surface area contributed by atoms with E-state index >= 15 is 0 Å². The molecule has 0 bridgehead atoms. The maximum Gasteiger partial charge on any atom is 0.361 e. The molecule has 1 aromatic heterocycles. The van der Waals surface area contributed by atoms with Crippen LogP contribution in [0.25, 0.3) is 11.3 Å². The summed E-state index contributed by atoms with van der Waals surface area (Å²) in [6, 6.07) is 13.8. The molecule has 0 saturated heterocycles. The Labute approximate surface area is 141 Å². The van der Waals surface area contributed by atoms with E-state index in [-0.39, 0.29) is 11.4 Å². The number of carbonyl (C=O) groups is 1. The highest BCUT2D eigenvalue weighted by atomic mass is 79.9. The van der Waals surface area contributed by atoms with Crippen molar-refractivity contribution >= 4 is 21.9 Å². The lowest BCUT2D eigenvalue weighted by atomic mass is 10.1. The topological polar surface area (TPSA) is 75.2 Å². The second-order valence-corrected chi connectivity index (χ2v) is 5.90. The van der Waals surface area contributed by atoms with Crippen LogP contribution in [0.2, 0.25) is 0 Å². The van der Waals surface area contributed by atoms with Crippen LogP contribution in [-0.2, 0) is 0 Å². The minimum atomic E-state index is -0.543. The number of nitrogens with zero attached hydrogens (tertiary/aromatic N) is 1. The molecular weight excluding hydrogens is 360 g/mol. The van der Waals surface area contributed by atoms with Gasteiger partial charge in [-0.05, 0) is 48.9 Å². The molecule has 1 heterocycles. The Morgan fingerprint density at radius 3 is 2.70 bits per heavy atom. The summed E-state index contributed by atoms with van der Waals surface area (Å²) in [7, 11) is 0. The van der Waals surface area contributed by atoms with E-state index in [9.17, 15) is 9.90 Å². The first kappa shape index (κ1) is 15.3. The third kappa shape index (κ3) is 3.27. The van der Waals surface area contributed by atoms with Crippen LogP contribution in [0.1, 0.15) is 16.1 Å². The lowest BCUT2D eigenvalue weighted by Crippen LogP contribution is -2.08. The molecule has 0 radical (unpaired) electrons. The minimum Gasteiger partial charge on any atom is -0.507 e. The van der Waals surface area contributed by atoms with Gasteiger partial charge in [0, 0.05) is 10.0 Å². The highest BCUT2D eigenvalue weighted by Gasteiger charge is 2.15. The first-order chi connectivity index (χ1) is 11.0. The number of halogens is 1. The molecule has 6 heteroatoms. The van der Waals surface area contributed by atoms with Crippen LogP contribution in [0.15, 0.2) is 53.0 Å². The molecule has 5 nitrogen and oxygen atoms in total. The molecule has 0 saturated carbocycles. The Morgan fingerprint density at radius 2 is 1.96 bits per heavy atom. The van der Waals surface area contributed by atoms with Crippen molar-refractivity contribution in [2.45, 2.75) is 6.92 Å². The molecule has 0 aliphatic carbocycles. The number of aryl methyl sites for hydroxylation is 1. The van der Waals surface area contributed by atoms with Gasteiger partial charge < -0.3 is 9.84 Å². The zero-order valence-corrected chi connectivity index (χ0v) is 13.8. The average Bonchev–Trinajstić information content (AvgIpc) is 3.02. The summed E-state index contributed by atoms with van der Waals surface area (Å²) in [6.45, 7) is 1.80. The molecule has 23 heavy (non-hydrogen) atoms. The highest BCUT2D eigenvalue weighted by molar-refractivity contribution is 9.10. The van der Waals surface area contributed by atoms with Gasteiger partial charge in [-0.15, -0.1) is 0 Å². The Bertz CT molecular complexity index is 857. The summed E-state index contributed by atoms with van der Waals surface area (Å²) in [5.41, 5.74) is 1.99. The standard InChI is InChI=1S/C17H13BrN2O3/c1-10-3-2-4-13(16(10)21)14-9-15(20-19-14)17(22)23-12-7-5-11(18)6-8-12/h2-9,21H,1H3,(H,19,20). The molecule has 0 amide bonds. The van der Waals surface area contributed by atoms with Crippen LogP contribution >= 0.6 is 15.9 Å². The van der Waals surface area contributed by atoms with E-state index in [1.54, 1.807) is 49.4 Å². The van der Waals surface area contributed by atoms with Crippen LogP contribution in [0.4, 0.5) is 0 Å². The summed E-state index contributed by atoms with van der Waals surface area (Å²) in [6.07, 6.45) is 0. The molecule has 0 aliphatic heterocycles. The van der Waals surface area contributed by atoms with Crippen molar-refractivity contribution in [1.82, 2.24) is 10.2 Å². The molecular formula is C17H13BrN2O3. The number of phenols is 1. The van der Waals surface area contributed by atoms with Gasteiger partial charge in [-0.25, -0.2) is 4.79 Å². The lowest BCUT2D eigenvalue weighted by Gasteiger charge is -2.03. The first-order valence-corrected chi connectivity index (χ1v) is 7.66. The van der Waals surface area contributed by atoms with Crippen molar-refractivity contribution < 1.29 is 14.6 Å². The Balaban J connectivity index is 1.82. The Morgan fingerprint density at radius 1 is 1.22 bits per heavy atom. The predicted octanol–water partition coefficient (Wildman–Crippen LogP) is 4.07. The number of hydrogen-bond acceptors (Lipinski definition) is 4. The van der Waals surface area contributed by atoms with E-state index in [1.165, 1.54) is 0 Å². The first-order valence-electron chi connectivity index (χ1n) is 6.86. The number of aromatic hydroxyl groups is 1. The van der Waals surface area contributed by atoms with E-state index < -0.39 is 5.97 Å². The Hall–Kier alpha value is -2.60. The van der Waals surface area contributed by atoms with Gasteiger partial charge in [0.05, 0.1) is 5.69 Å². The van der Waals surface area contributed by atoms with Crippen molar-refractivity contribution in [3.05, 3.63) is 64.3 Å². The van der Waals surface area contributed by atoms with Gasteiger partial charge in [0.1, 0.15) is 17.2 Å². The third-order valence-corrected chi connectivity index (χ3v) is 3.86. The molecule has 0 unspecified atom stereocenters. The van der Waals surface area contributed by atoms with Gasteiger partial charge in [0.15, 0.2) is 0 Å². The van der Waals surface area contributed by atoms with Crippen molar-refractivity contribution in [2.24, 2.45) is 0 Å². The number of aromatic nitrogens is 2. The number of H-pyrrole nitrogens is 1. The molecule has 3 rings (SSSR count). The maximum atomic E-state index is 12.1. The fraction of sp³-hybridized carbons (Fsp3) is 0.0588. The fourth-order valence-corrected chi connectivity index (χ4v) is 2.36. The number of hydrogen-bond donors (Lipinski definition) is 2. The Kier molecular flexibility index (Phi) is 4.16. The van der Waals surface area contributed by atoms with Gasteiger partial charge >= 0.3 is 5.97 Å². The zero-order valence-electron chi connectivity index (χ0n) is 12.2.